The van der Waals surface area contributed by atoms with Crippen LogP contribution in [-0.2, 0) is 24.8 Å². The average molecular weight is 400 g/mol. The van der Waals surface area contributed by atoms with Gasteiger partial charge in [-0.2, -0.15) is 13.2 Å². The first kappa shape index (κ1) is 21.4. The van der Waals surface area contributed by atoms with Crippen LogP contribution in [0.2, 0.25) is 0 Å². The van der Waals surface area contributed by atoms with Gasteiger partial charge < -0.3 is 19.7 Å². The van der Waals surface area contributed by atoms with Gasteiger partial charge in [-0.1, -0.05) is 6.07 Å². The zero-order valence-corrected chi connectivity index (χ0v) is 15.1. The summed E-state index contributed by atoms with van der Waals surface area (Å²) < 4.78 is 33.7. The van der Waals surface area contributed by atoms with Crippen LogP contribution >= 0.6 is 0 Å². The van der Waals surface area contributed by atoms with E-state index in [9.17, 15) is 23.1 Å². The van der Waals surface area contributed by atoms with Crippen LogP contribution < -0.4 is 0 Å². The molecule has 0 aliphatic carbocycles. The standard InChI is InChI=1S/C15H18N4O2.C2HF3O2/c1-10-3-4-12(16-6-10)15(21)19-7-13-14(5-11(19)8-20)18(2)9-17-13;3-2(4,5)1(6)7/h3-4,6,9,11,20H,5,7-8H2,1-2H3;(H,6,7). The van der Waals surface area contributed by atoms with Gasteiger partial charge in [0.2, 0.25) is 0 Å². The number of aliphatic hydroxyl groups excluding tert-OH is 1. The van der Waals surface area contributed by atoms with Gasteiger partial charge in [0.05, 0.1) is 31.2 Å². The Morgan fingerprint density at radius 3 is 2.43 bits per heavy atom. The fourth-order valence-electron chi connectivity index (χ4n) is 2.66. The van der Waals surface area contributed by atoms with E-state index in [0.29, 0.717) is 18.7 Å². The number of carboxylic acids is 1. The summed E-state index contributed by atoms with van der Waals surface area (Å²) in [7, 11) is 1.93. The van der Waals surface area contributed by atoms with E-state index in [-0.39, 0.29) is 18.6 Å². The highest BCUT2D eigenvalue weighted by atomic mass is 19.4. The number of pyridine rings is 1. The van der Waals surface area contributed by atoms with Crippen molar-refractivity contribution in [3.63, 3.8) is 0 Å². The first-order valence-electron chi connectivity index (χ1n) is 8.18. The molecule has 152 valence electrons. The molecule has 1 atom stereocenters. The minimum absolute atomic E-state index is 0.0672. The second kappa shape index (κ2) is 8.38. The van der Waals surface area contributed by atoms with Crippen molar-refractivity contribution in [2.45, 2.75) is 32.1 Å². The van der Waals surface area contributed by atoms with Crippen LogP contribution in [0.4, 0.5) is 13.2 Å². The van der Waals surface area contributed by atoms with Crippen molar-refractivity contribution in [1.82, 2.24) is 19.4 Å². The molecule has 3 rings (SSSR count). The molecule has 0 saturated heterocycles. The number of aliphatic hydroxyl groups is 1. The van der Waals surface area contributed by atoms with Gasteiger partial charge in [-0.15, -0.1) is 0 Å². The van der Waals surface area contributed by atoms with Gasteiger partial charge in [-0.05, 0) is 18.6 Å². The minimum Gasteiger partial charge on any atom is -0.475 e. The Morgan fingerprint density at radius 1 is 1.29 bits per heavy atom. The number of rotatable bonds is 2. The highest BCUT2D eigenvalue weighted by Gasteiger charge is 2.38. The van der Waals surface area contributed by atoms with E-state index in [0.717, 1.165) is 17.0 Å². The SMILES string of the molecule is Cc1ccc(C(=O)N2Cc3ncn(C)c3CC2CO)nc1.O=C(O)C(F)(F)F. The van der Waals surface area contributed by atoms with Gasteiger partial charge in [-0.25, -0.2) is 9.78 Å². The summed E-state index contributed by atoms with van der Waals surface area (Å²) in [6.45, 7) is 2.27. The summed E-state index contributed by atoms with van der Waals surface area (Å²) in [5.74, 6) is -2.92. The van der Waals surface area contributed by atoms with Crippen molar-refractivity contribution < 1.29 is 33.0 Å². The summed E-state index contributed by atoms with van der Waals surface area (Å²) in [6.07, 6.45) is -1.05. The number of carboxylic acid groups (broad SMARTS) is 1. The predicted octanol–water partition coefficient (Wildman–Crippen LogP) is 1.32. The Morgan fingerprint density at radius 2 is 1.93 bits per heavy atom. The summed E-state index contributed by atoms with van der Waals surface area (Å²) in [5, 5.41) is 16.7. The lowest BCUT2D eigenvalue weighted by Crippen LogP contribution is -2.46. The lowest BCUT2D eigenvalue weighted by atomic mass is 10.0. The number of nitrogens with zero attached hydrogens (tertiary/aromatic N) is 4. The quantitative estimate of drug-likeness (QED) is 0.787. The highest BCUT2D eigenvalue weighted by Crippen LogP contribution is 2.23. The molecular weight excluding hydrogens is 381 g/mol. The molecule has 8 nitrogen and oxygen atoms in total. The number of aliphatic carboxylic acids is 1. The molecule has 0 spiro atoms. The number of hydrogen-bond acceptors (Lipinski definition) is 5. The molecule has 0 radical (unpaired) electrons. The van der Waals surface area contributed by atoms with Crippen LogP contribution in [0, 0.1) is 6.92 Å². The number of carbonyl (C=O) groups excluding carboxylic acids is 1. The van der Waals surface area contributed by atoms with Gasteiger partial charge in [0.15, 0.2) is 0 Å². The third-order valence-electron chi connectivity index (χ3n) is 4.18. The molecule has 3 heterocycles. The molecule has 0 saturated carbocycles. The molecule has 0 fully saturated rings. The van der Waals surface area contributed by atoms with Gasteiger partial charge in [-0.3, -0.25) is 9.78 Å². The number of aryl methyl sites for hydroxylation is 2. The topological polar surface area (TPSA) is 109 Å². The summed E-state index contributed by atoms with van der Waals surface area (Å²) >= 11 is 0. The molecule has 0 bridgehead atoms. The Bertz CT molecular complexity index is 849. The normalized spacial score (nSPS) is 16.1. The third kappa shape index (κ3) is 4.85. The van der Waals surface area contributed by atoms with Crippen LogP contribution in [-0.4, -0.2) is 60.3 Å². The van der Waals surface area contributed by atoms with Crippen molar-refractivity contribution in [1.29, 1.82) is 0 Å². The number of carbonyl (C=O) groups is 2. The van der Waals surface area contributed by atoms with Crippen molar-refractivity contribution in [2.75, 3.05) is 6.61 Å². The van der Waals surface area contributed by atoms with Gasteiger partial charge in [0.1, 0.15) is 5.69 Å². The second-order valence-corrected chi connectivity index (χ2v) is 6.25. The molecule has 1 aliphatic rings. The highest BCUT2D eigenvalue weighted by molar-refractivity contribution is 5.92. The molecule has 1 amide bonds. The first-order valence-corrected chi connectivity index (χ1v) is 8.18. The van der Waals surface area contributed by atoms with Gasteiger partial charge >= 0.3 is 12.1 Å². The number of imidazole rings is 1. The van der Waals surface area contributed by atoms with E-state index in [1.54, 1.807) is 23.5 Å². The van der Waals surface area contributed by atoms with E-state index < -0.39 is 12.1 Å². The molecule has 1 aliphatic heterocycles. The van der Waals surface area contributed by atoms with Gasteiger partial charge in [0, 0.05) is 25.4 Å². The van der Waals surface area contributed by atoms with Gasteiger partial charge in [0.25, 0.3) is 5.91 Å². The summed E-state index contributed by atoms with van der Waals surface area (Å²) in [5.41, 5.74) is 3.38. The van der Waals surface area contributed by atoms with Crippen LogP contribution in [0.5, 0.6) is 0 Å². The average Bonchev–Trinajstić information content (AvgIpc) is 3.00. The summed E-state index contributed by atoms with van der Waals surface area (Å²) in [4.78, 5) is 31.7. The molecule has 28 heavy (non-hydrogen) atoms. The number of amides is 1. The molecule has 2 N–H and O–H groups in total. The lowest BCUT2D eigenvalue weighted by Gasteiger charge is -2.34. The Hall–Kier alpha value is -2.95. The van der Waals surface area contributed by atoms with Crippen LogP contribution in [0.15, 0.2) is 24.7 Å². The fourth-order valence-corrected chi connectivity index (χ4v) is 2.66. The summed E-state index contributed by atoms with van der Waals surface area (Å²) in [6, 6.07) is 3.35. The number of hydrogen-bond donors (Lipinski definition) is 2. The molecular formula is C17H19F3N4O4. The second-order valence-electron chi connectivity index (χ2n) is 6.25. The van der Waals surface area contributed by atoms with Crippen molar-refractivity contribution in [2.24, 2.45) is 7.05 Å². The van der Waals surface area contributed by atoms with Crippen LogP contribution in [0.1, 0.15) is 27.4 Å². The zero-order chi connectivity index (χ0) is 21.1. The maximum absolute atomic E-state index is 12.6. The maximum Gasteiger partial charge on any atom is 0.490 e. The molecule has 11 heteroatoms. The fraction of sp³-hybridized carbons (Fsp3) is 0.412. The van der Waals surface area contributed by atoms with Crippen LogP contribution in [0.25, 0.3) is 0 Å². The molecule has 1 unspecified atom stereocenters. The van der Waals surface area contributed by atoms with E-state index in [4.69, 9.17) is 9.90 Å². The smallest absolute Gasteiger partial charge is 0.475 e. The largest absolute Gasteiger partial charge is 0.490 e. The molecule has 2 aromatic rings. The van der Waals surface area contributed by atoms with Crippen molar-refractivity contribution in [3.05, 3.63) is 47.3 Å². The maximum atomic E-state index is 12.6. The third-order valence-corrected chi connectivity index (χ3v) is 4.18. The number of fused-ring (bicyclic) bond motifs is 1. The number of alkyl halides is 3. The molecule has 2 aromatic heterocycles. The monoisotopic (exact) mass is 400 g/mol. The number of halogens is 3. The Labute approximate surface area is 158 Å². The van der Waals surface area contributed by atoms with Crippen LogP contribution in [0.3, 0.4) is 0 Å². The van der Waals surface area contributed by atoms with E-state index in [1.807, 2.05) is 24.6 Å². The number of aromatic nitrogens is 3. The predicted molar refractivity (Wildman–Crippen MR) is 90.3 cm³/mol. The molecule has 0 aromatic carbocycles. The van der Waals surface area contributed by atoms with Crippen molar-refractivity contribution in [3.8, 4) is 0 Å². The first-order chi connectivity index (χ1) is 13.0. The van der Waals surface area contributed by atoms with E-state index in [1.165, 1.54) is 0 Å². The van der Waals surface area contributed by atoms with Crippen molar-refractivity contribution >= 4 is 11.9 Å². The Balaban J connectivity index is 0.000000345. The van der Waals surface area contributed by atoms with E-state index in [2.05, 4.69) is 9.97 Å². The Kier molecular flexibility index (Phi) is 6.39. The van der Waals surface area contributed by atoms with E-state index >= 15 is 0 Å². The lowest BCUT2D eigenvalue weighted by molar-refractivity contribution is -0.192. The zero-order valence-electron chi connectivity index (χ0n) is 15.1. The minimum atomic E-state index is -5.08.